The Hall–Kier alpha value is -1.56. The van der Waals surface area contributed by atoms with Gasteiger partial charge in [-0.3, -0.25) is 0 Å². The number of benzene rings is 2. The van der Waals surface area contributed by atoms with Crippen LogP contribution in [-0.4, -0.2) is 12.6 Å². The summed E-state index contributed by atoms with van der Waals surface area (Å²) in [5.74, 6) is 1.18. The van der Waals surface area contributed by atoms with E-state index < -0.39 is 0 Å². The van der Waals surface area contributed by atoms with Crippen molar-refractivity contribution in [3.8, 4) is 11.5 Å². The smallest absolute Gasteiger partial charge is 0.338 e. The first kappa shape index (κ1) is 13.9. The van der Waals surface area contributed by atoms with Crippen LogP contribution in [0.5, 0.6) is 11.5 Å². The number of halogens is 1. The van der Waals surface area contributed by atoms with E-state index in [4.69, 9.17) is 9.47 Å². The summed E-state index contributed by atoms with van der Waals surface area (Å²) in [4.78, 5) is 11.6. The van der Waals surface area contributed by atoms with Gasteiger partial charge in [0.05, 0.1) is 15.7 Å². The largest absolute Gasteiger partial charge is 0.462 e. The van der Waals surface area contributed by atoms with E-state index in [9.17, 15) is 4.79 Å². The highest BCUT2D eigenvalue weighted by molar-refractivity contribution is 14.1. The number of ether oxygens (including phenoxy) is 2. The summed E-state index contributed by atoms with van der Waals surface area (Å²) in [5.41, 5.74) is 0.534. The predicted molar refractivity (Wildman–Crippen MR) is 81.6 cm³/mol. The van der Waals surface area contributed by atoms with Crippen LogP contribution in [0.1, 0.15) is 17.3 Å². The lowest BCUT2D eigenvalue weighted by Gasteiger charge is -2.09. The summed E-state index contributed by atoms with van der Waals surface area (Å²) < 4.78 is 11.6. The molecular formula is C15H13IO3. The molecule has 0 aliphatic carbocycles. The minimum absolute atomic E-state index is 0.313. The molecule has 0 saturated carbocycles. The van der Waals surface area contributed by atoms with Crippen LogP contribution >= 0.6 is 22.6 Å². The number of carbonyl (C=O) groups is 1. The molecule has 0 heterocycles. The Morgan fingerprint density at radius 2 is 1.89 bits per heavy atom. The zero-order chi connectivity index (χ0) is 13.7. The third-order valence-corrected chi connectivity index (χ3v) is 3.26. The molecule has 0 spiro atoms. The highest BCUT2D eigenvalue weighted by Gasteiger charge is 2.10. The molecule has 0 unspecified atom stereocenters. The van der Waals surface area contributed by atoms with Crippen molar-refractivity contribution in [3.63, 3.8) is 0 Å². The minimum Gasteiger partial charge on any atom is -0.462 e. The van der Waals surface area contributed by atoms with E-state index in [2.05, 4.69) is 22.6 Å². The highest BCUT2D eigenvalue weighted by Crippen LogP contribution is 2.27. The fraction of sp³-hybridized carbons (Fsp3) is 0.133. The molecule has 0 bridgehead atoms. The summed E-state index contributed by atoms with van der Waals surface area (Å²) in [5, 5.41) is 0. The standard InChI is InChI=1S/C15H13IO3/c1-2-18-15(17)11-8-9-14(13(16)10-11)19-12-6-4-3-5-7-12/h3-10H,2H2,1H3. The van der Waals surface area contributed by atoms with Gasteiger partial charge in [-0.1, -0.05) is 18.2 Å². The quantitative estimate of drug-likeness (QED) is 0.598. The van der Waals surface area contributed by atoms with Crippen molar-refractivity contribution in [2.75, 3.05) is 6.61 Å². The number of rotatable bonds is 4. The zero-order valence-corrected chi connectivity index (χ0v) is 12.6. The Kier molecular flexibility index (Phi) is 4.79. The van der Waals surface area contributed by atoms with E-state index in [1.54, 1.807) is 25.1 Å². The van der Waals surface area contributed by atoms with E-state index in [1.807, 2.05) is 30.3 Å². The van der Waals surface area contributed by atoms with Crippen molar-refractivity contribution in [2.24, 2.45) is 0 Å². The second-order valence-electron chi connectivity index (χ2n) is 3.78. The fourth-order valence-corrected chi connectivity index (χ4v) is 2.17. The monoisotopic (exact) mass is 368 g/mol. The maximum Gasteiger partial charge on any atom is 0.338 e. The molecule has 19 heavy (non-hydrogen) atoms. The van der Waals surface area contributed by atoms with Gasteiger partial charge in [0, 0.05) is 0 Å². The van der Waals surface area contributed by atoms with Crippen LogP contribution in [0.3, 0.4) is 0 Å². The SMILES string of the molecule is CCOC(=O)c1ccc(Oc2ccccc2)c(I)c1. The van der Waals surface area contributed by atoms with Crippen LogP contribution in [0.2, 0.25) is 0 Å². The number of carbonyl (C=O) groups excluding carboxylic acids is 1. The Morgan fingerprint density at radius 3 is 2.53 bits per heavy atom. The molecule has 0 saturated heterocycles. The molecule has 0 fully saturated rings. The van der Waals surface area contributed by atoms with E-state index in [1.165, 1.54) is 0 Å². The lowest BCUT2D eigenvalue weighted by atomic mass is 10.2. The molecule has 98 valence electrons. The molecule has 0 aliphatic heterocycles. The van der Waals surface area contributed by atoms with Gasteiger partial charge in [-0.25, -0.2) is 4.79 Å². The van der Waals surface area contributed by atoms with E-state index >= 15 is 0 Å². The van der Waals surface area contributed by atoms with Crippen LogP contribution < -0.4 is 4.74 Å². The molecule has 0 radical (unpaired) electrons. The molecule has 0 atom stereocenters. The lowest BCUT2D eigenvalue weighted by Crippen LogP contribution is -2.04. The van der Waals surface area contributed by atoms with Gasteiger partial charge in [-0.2, -0.15) is 0 Å². The van der Waals surface area contributed by atoms with Crippen LogP contribution in [-0.2, 0) is 4.74 Å². The first-order valence-corrected chi connectivity index (χ1v) is 6.98. The van der Waals surface area contributed by atoms with Crippen LogP contribution in [0, 0.1) is 3.57 Å². The predicted octanol–water partition coefficient (Wildman–Crippen LogP) is 4.26. The Labute approximate surface area is 125 Å². The zero-order valence-electron chi connectivity index (χ0n) is 10.4. The molecule has 2 aromatic carbocycles. The summed E-state index contributed by atoms with van der Waals surface area (Å²) in [7, 11) is 0. The van der Waals surface area contributed by atoms with Gasteiger partial charge >= 0.3 is 5.97 Å². The summed E-state index contributed by atoms with van der Waals surface area (Å²) >= 11 is 2.14. The molecule has 3 nitrogen and oxygen atoms in total. The topological polar surface area (TPSA) is 35.5 Å². The van der Waals surface area contributed by atoms with Gasteiger partial charge < -0.3 is 9.47 Å². The Morgan fingerprint density at radius 1 is 1.16 bits per heavy atom. The number of para-hydroxylation sites is 1. The molecule has 0 N–H and O–H groups in total. The first-order chi connectivity index (χ1) is 9.20. The molecule has 4 heteroatoms. The molecule has 2 rings (SSSR count). The van der Waals surface area contributed by atoms with Gasteiger partial charge in [0.2, 0.25) is 0 Å². The number of hydrogen-bond acceptors (Lipinski definition) is 3. The summed E-state index contributed by atoms with van der Waals surface area (Å²) in [6.45, 7) is 2.16. The van der Waals surface area contributed by atoms with Crippen molar-refractivity contribution in [3.05, 3.63) is 57.7 Å². The van der Waals surface area contributed by atoms with Crippen LogP contribution in [0.15, 0.2) is 48.5 Å². The number of hydrogen-bond donors (Lipinski definition) is 0. The average molecular weight is 368 g/mol. The minimum atomic E-state index is -0.313. The molecule has 0 amide bonds. The van der Waals surface area contributed by atoms with Gasteiger partial charge in [0.25, 0.3) is 0 Å². The summed E-state index contributed by atoms with van der Waals surface area (Å²) in [6.07, 6.45) is 0. The maximum absolute atomic E-state index is 11.6. The average Bonchev–Trinajstić information content (AvgIpc) is 2.42. The van der Waals surface area contributed by atoms with E-state index in [0.29, 0.717) is 12.2 Å². The van der Waals surface area contributed by atoms with Crippen molar-refractivity contribution in [1.82, 2.24) is 0 Å². The van der Waals surface area contributed by atoms with Crippen molar-refractivity contribution in [2.45, 2.75) is 6.92 Å². The molecule has 0 aliphatic rings. The molecule has 2 aromatic rings. The first-order valence-electron chi connectivity index (χ1n) is 5.90. The van der Waals surface area contributed by atoms with Crippen molar-refractivity contribution >= 4 is 28.6 Å². The fourth-order valence-electron chi connectivity index (χ4n) is 1.54. The van der Waals surface area contributed by atoms with Crippen molar-refractivity contribution < 1.29 is 14.3 Å². The third kappa shape index (κ3) is 3.70. The second kappa shape index (κ2) is 6.56. The second-order valence-corrected chi connectivity index (χ2v) is 4.94. The van der Waals surface area contributed by atoms with Gasteiger partial charge in [-0.05, 0) is 59.8 Å². The van der Waals surface area contributed by atoms with E-state index in [-0.39, 0.29) is 5.97 Å². The summed E-state index contributed by atoms with van der Waals surface area (Å²) in [6, 6.07) is 14.8. The van der Waals surface area contributed by atoms with Gasteiger partial charge in [0.1, 0.15) is 11.5 Å². The van der Waals surface area contributed by atoms with E-state index in [0.717, 1.165) is 15.1 Å². The Balaban J connectivity index is 2.18. The van der Waals surface area contributed by atoms with Crippen LogP contribution in [0.25, 0.3) is 0 Å². The van der Waals surface area contributed by atoms with Gasteiger partial charge in [0.15, 0.2) is 0 Å². The normalized spacial score (nSPS) is 10.0. The third-order valence-electron chi connectivity index (χ3n) is 2.41. The maximum atomic E-state index is 11.6. The van der Waals surface area contributed by atoms with Crippen molar-refractivity contribution in [1.29, 1.82) is 0 Å². The molecular weight excluding hydrogens is 355 g/mol. The van der Waals surface area contributed by atoms with Crippen LogP contribution in [0.4, 0.5) is 0 Å². The van der Waals surface area contributed by atoms with Gasteiger partial charge in [-0.15, -0.1) is 0 Å². The highest BCUT2D eigenvalue weighted by atomic mass is 127. The lowest BCUT2D eigenvalue weighted by molar-refractivity contribution is 0.0526. The Bertz CT molecular complexity index is 567. The number of esters is 1. The molecule has 0 aromatic heterocycles.